The van der Waals surface area contributed by atoms with E-state index in [1.54, 1.807) is 0 Å². The summed E-state index contributed by atoms with van der Waals surface area (Å²) in [6.07, 6.45) is 7.40. The molecule has 2 atom stereocenters. The molecule has 4 heteroatoms. The van der Waals surface area contributed by atoms with Gasteiger partial charge in [-0.25, -0.2) is 4.98 Å². The first kappa shape index (κ1) is 17.4. The number of ether oxygens (including phenoxy) is 1. The smallest absolute Gasteiger partial charge is 0.106 e. The summed E-state index contributed by atoms with van der Waals surface area (Å²) < 4.78 is 8.47. The Morgan fingerprint density at radius 3 is 2.85 bits per heavy atom. The molecule has 5 rings (SSSR count). The molecule has 0 spiro atoms. The molecule has 2 fully saturated rings. The number of aryl methyl sites for hydroxylation is 2. The van der Waals surface area contributed by atoms with Crippen LogP contribution in [0, 0.1) is 6.92 Å². The number of benzene rings is 1. The predicted molar refractivity (Wildman–Crippen MR) is 107 cm³/mol. The van der Waals surface area contributed by atoms with Gasteiger partial charge in [-0.2, -0.15) is 0 Å². The first-order valence-electron chi connectivity index (χ1n) is 10.7. The Morgan fingerprint density at radius 2 is 2.04 bits per heavy atom. The van der Waals surface area contributed by atoms with Crippen LogP contribution >= 0.6 is 0 Å². The van der Waals surface area contributed by atoms with Crippen molar-refractivity contribution >= 4 is 0 Å². The Hall–Kier alpha value is -1.65. The fourth-order valence-electron chi connectivity index (χ4n) is 5.62. The van der Waals surface area contributed by atoms with Crippen LogP contribution in [-0.2, 0) is 23.0 Å². The molecule has 2 unspecified atom stereocenters. The number of fused-ring (bicyclic) bond motifs is 1. The predicted octanol–water partition coefficient (Wildman–Crippen LogP) is 3.68. The lowest BCUT2D eigenvalue weighted by molar-refractivity contribution is 0.157. The summed E-state index contributed by atoms with van der Waals surface area (Å²) >= 11 is 0. The molecule has 144 valence electrons. The second-order valence-corrected chi connectivity index (χ2v) is 8.76. The molecular weight excluding hydrogens is 334 g/mol. The first-order valence-corrected chi connectivity index (χ1v) is 10.7. The van der Waals surface area contributed by atoms with E-state index in [0.717, 1.165) is 32.7 Å². The number of aromatic nitrogens is 2. The maximum Gasteiger partial charge on any atom is 0.106 e. The summed E-state index contributed by atoms with van der Waals surface area (Å²) in [5, 5.41) is 0. The number of hydrogen-bond donors (Lipinski definition) is 0. The van der Waals surface area contributed by atoms with Gasteiger partial charge in [0.1, 0.15) is 5.82 Å². The van der Waals surface area contributed by atoms with Crippen molar-refractivity contribution in [1.29, 1.82) is 0 Å². The number of hydrogen-bond acceptors (Lipinski definition) is 3. The molecule has 1 aromatic heterocycles. The van der Waals surface area contributed by atoms with Crippen molar-refractivity contribution in [3.63, 3.8) is 0 Å². The molecule has 3 heterocycles. The van der Waals surface area contributed by atoms with Gasteiger partial charge in [-0.1, -0.05) is 30.3 Å². The van der Waals surface area contributed by atoms with E-state index in [9.17, 15) is 0 Å². The van der Waals surface area contributed by atoms with Crippen LogP contribution < -0.4 is 0 Å². The molecule has 27 heavy (non-hydrogen) atoms. The van der Waals surface area contributed by atoms with Crippen LogP contribution in [0.3, 0.4) is 0 Å². The topological polar surface area (TPSA) is 30.3 Å². The Morgan fingerprint density at radius 1 is 1.19 bits per heavy atom. The molecule has 2 saturated heterocycles. The van der Waals surface area contributed by atoms with Crippen molar-refractivity contribution in [2.75, 3.05) is 32.8 Å². The minimum atomic E-state index is 0.166. The van der Waals surface area contributed by atoms with E-state index < -0.39 is 0 Å². The molecule has 1 aliphatic carbocycles. The molecule has 4 nitrogen and oxygen atoms in total. The summed E-state index contributed by atoms with van der Waals surface area (Å²) in [5.41, 5.74) is 4.52. The van der Waals surface area contributed by atoms with Gasteiger partial charge in [0, 0.05) is 43.4 Å². The monoisotopic (exact) mass is 365 g/mol. The summed E-state index contributed by atoms with van der Waals surface area (Å²) in [6, 6.07) is 11.6. The lowest BCUT2D eigenvalue weighted by Crippen LogP contribution is -2.40. The molecule has 1 aromatic carbocycles. The van der Waals surface area contributed by atoms with E-state index in [1.165, 1.54) is 61.4 Å². The second-order valence-electron chi connectivity index (χ2n) is 8.76. The molecule has 3 aliphatic rings. The van der Waals surface area contributed by atoms with E-state index in [1.807, 2.05) is 0 Å². The van der Waals surface area contributed by atoms with Crippen molar-refractivity contribution in [3.8, 4) is 0 Å². The van der Waals surface area contributed by atoms with Crippen molar-refractivity contribution in [2.45, 2.75) is 56.9 Å². The van der Waals surface area contributed by atoms with Crippen molar-refractivity contribution in [3.05, 3.63) is 53.1 Å². The van der Waals surface area contributed by atoms with Crippen LogP contribution in [0.1, 0.15) is 54.5 Å². The molecule has 0 N–H and O–H groups in total. The highest BCUT2D eigenvalue weighted by Gasteiger charge is 2.40. The van der Waals surface area contributed by atoms with Gasteiger partial charge in [0.2, 0.25) is 0 Å². The Bertz CT molecular complexity index is 791. The van der Waals surface area contributed by atoms with Crippen LogP contribution in [0.2, 0.25) is 0 Å². The third kappa shape index (κ3) is 3.13. The zero-order valence-electron chi connectivity index (χ0n) is 16.5. The van der Waals surface area contributed by atoms with E-state index in [-0.39, 0.29) is 5.41 Å². The third-order valence-electron chi connectivity index (χ3n) is 6.97. The SMILES string of the molecule is Cc1nc2c(n1C1CCN(CC3(c4ccccc4)CCOC3)C1)CCCC2. The van der Waals surface area contributed by atoms with Gasteiger partial charge < -0.3 is 14.2 Å². The quantitative estimate of drug-likeness (QED) is 0.828. The molecule has 0 radical (unpaired) electrons. The van der Waals surface area contributed by atoms with Gasteiger partial charge in [-0.15, -0.1) is 0 Å². The van der Waals surface area contributed by atoms with Gasteiger partial charge in [-0.3, -0.25) is 0 Å². The lowest BCUT2D eigenvalue weighted by Gasteiger charge is -2.33. The zero-order valence-corrected chi connectivity index (χ0v) is 16.5. The summed E-state index contributed by atoms with van der Waals surface area (Å²) in [4.78, 5) is 7.59. The summed E-state index contributed by atoms with van der Waals surface area (Å²) in [6.45, 7) is 7.41. The van der Waals surface area contributed by atoms with Gasteiger partial charge in [0.25, 0.3) is 0 Å². The van der Waals surface area contributed by atoms with Crippen molar-refractivity contribution in [2.24, 2.45) is 0 Å². The molecule has 0 saturated carbocycles. The molecule has 0 bridgehead atoms. The van der Waals surface area contributed by atoms with E-state index in [4.69, 9.17) is 9.72 Å². The largest absolute Gasteiger partial charge is 0.380 e. The van der Waals surface area contributed by atoms with Crippen molar-refractivity contribution < 1.29 is 4.74 Å². The fraction of sp³-hybridized carbons (Fsp3) is 0.609. The van der Waals surface area contributed by atoms with Crippen LogP contribution in [0.25, 0.3) is 0 Å². The molecule has 2 aromatic rings. The van der Waals surface area contributed by atoms with Gasteiger partial charge in [0.15, 0.2) is 0 Å². The van der Waals surface area contributed by atoms with Crippen molar-refractivity contribution in [1.82, 2.24) is 14.5 Å². The summed E-state index contributed by atoms with van der Waals surface area (Å²) in [5.74, 6) is 1.23. The van der Waals surface area contributed by atoms with Crippen LogP contribution in [-0.4, -0.2) is 47.3 Å². The van der Waals surface area contributed by atoms with Gasteiger partial charge >= 0.3 is 0 Å². The van der Waals surface area contributed by atoms with Crippen LogP contribution in [0.15, 0.2) is 30.3 Å². The zero-order chi connectivity index (χ0) is 18.3. The average Bonchev–Trinajstić information content (AvgIpc) is 3.41. The molecule has 2 aliphatic heterocycles. The number of likely N-dealkylation sites (tertiary alicyclic amines) is 1. The highest BCUT2D eigenvalue weighted by molar-refractivity contribution is 5.28. The lowest BCUT2D eigenvalue weighted by atomic mass is 9.79. The number of imidazole rings is 1. The highest BCUT2D eigenvalue weighted by atomic mass is 16.5. The average molecular weight is 366 g/mol. The normalized spacial score (nSPS) is 28.6. The minimum absolute atomic E-state index is 0.166. The number of rotatable bonds is 4. The third-order valence-corrected chi connectivity index (χ3v) is 6.97. The van der Waals surface area contributed by atoms with Gasteiger partial charge in [0.05, 0.1) is 12.3 Å². The molecular formula is C23H31N3O. The van der Waals surface area contributed by atoms with E-state index in [2.05, 4.69) is 46.7 Å². The summed E-state index contributed by atoms with van der Waals surface area (Å²) in [7, 11) is 0. The minimum Gasteiger partial charge on any atom is -0.380 e. The van der Waals surface area contributed by atoms with E-state index >= 15 is 0 Å². The van der Waals surface area contributed by atoms with Crippen LogP contribution in [0.4, 0.5) is 0 Å². The van der Waals surface area contributed by atoms with Gasteiger partial charge in [-0.05, 0) is 51.0 Å². The highest BCUT2D eigenvalue weighted by Crippen LogP contribution is 2.37. The molecule has 0 amide bonds. The standard InChI is InChI=1S/C23H31N3O/c1-18-24-21-9-5-6-10-22(21)26(18)20-11-13-25(15-20)16-23(12-14-27-17-23)19-7-3-2-4-8-19/h2-4,7-8,20H,5-6,9-17H2,1H3. The Kier molecular flexibility index (Phi) is 4.57. The Labute approximate surface area is 162 Å². The fourth-order valence-corrected chi connectivity index (χ4v) is 5.62. The number of nitrogens with zero attached hydrogens (tertiary/aromatic N) is 3. The maximum absolute atomic E-state index is 5.88. The second kappa shape index (κ2) is 7.06. The van der Waals surface area contributed by atoms with Crippen LogP contribution in [0.5, 0.6) is 0 Å². The maximum atomic E-state index is 5.88. The van der Waals surface area contributed by atoms with E-state index in [0.29, 0.717) is 6.04 Å². The first-order chi connectivity index (χ1) is 13.3. The Balaban J connectivity index is 1.35.